The normalized spacial score (nSPS) is 17.2. The van der Waals surface area contributed by atoms with E-state index in [1.54, 1.807) is 0 Å². The third kappa shape index (κ3) is 2.50. The van der Waals surface area contributed by atoms with Gasteiger partial charge in [-0.05, 0) is 0 Å². The zero-order chi connectivity index (χ0) is 24.9. The predicted molar refractivity (Wildman–Crippen MR) is 150 cm³/mol. The summed E-state index contributed by atoms with van der Waals surface area (Å²) < 4.78 is 16.1. The van der Waals surface area contributed by atoms with E-state index in [0.29, 0.717) is 5.92 Å². The molecule has 178 valence electrons. The van der Waals surface area contributed by atoms with Gasteiger partial charge in [0.05, 0.1) is 0 Å². The minimum absolute atomic E-state index is 0.375. The zero-order valence-electron chi connectivity index (χ0n) is 20.6. The Kier molecular flexibility index (Phi) is 4.22. The van der Waals surface area contributed by atoms with E-state index in [4.69, 9.17) is 4.98 Å². The third-order valence-electron chi connectivity index (χ3n) is 8.27. The fraction of sp³-hybridized carbons (Fsp3) is 0.121. The van der Waals surface area contributed by atoms with Crippen LogP contribution in [0.25, 0.3) is 11.1 Å². The number of hydrogen-bond donors (Lipinski definition) is 0. The van der Waals surface area contributed by atoms with Crippen molar-refractivity contribution in [1.82, 2.24) is 4.98 Å². The number of rotatable bonds is 1. The van der Waals surface area contributed by atoms with E-state index in [0.717, 1.165) is 26.1 Å². The molecule has 1 unspecified atom stereocenters. The average Bonchev–Trinajstić information content (AvgIpc) is 3.23. The molecule has 8 rings (SSSR count). The van der Waals surface area contributed by atoms with E-state index in [9.17, 15) is 3.83 Å². The van der Waals surface area contributed by atoms with Gasteiger partial charge in [0.2, 0.25) is 0 Å². The Bertz CT molecular complexity index is 1760. The molecule has 1 aliphatic carbocycles. The van der Waals surface area contributed by atoms with Crippen molar-refractivity contribution in [2.75, 3.05) is 4.90 Å². The summed E-state index contributed by atoms with van der Waals surface area (Å²) in [4.78, 5) is 7.35. The first kappa shape index (κ1) is 21.3. The number of benzene rings is 4. The van der Waals surface area contributed by atoms with Crippen LogP contribution in [0.1, 0.15) is 47.6 Å². The molecular formula is C33H24N2OSe. The molecule has 3 nitrogen and oxygen atoms in total. The number of hydrogen-bond acceptors (Lipinski definition) is 3. The summed E-state index contributed by atoms with van der Waals surface area (Å²) in [5.41, 5.74) is 10.2. The summed E-state index contributed by atoms with van der Waals surface area (Å²) in [6.07, 6.45) is 1.89. The Hall–Kier alpha value is -3.85. The van der Waals surface area contributed by atoms with Crippen LogP contribution in [0.5, 0.6) is 0 Å². The number of nitrogens with zero attached hydrogens (tertiary/aromatic N) is 2. The second-order valence-corrected chi connectivity index (χ2v) is 13.3. The maximum atomic E-state index is 14.2. The second-order valence-electron chi connectivity index (χ2n) is 10.4. The molecule has 2 aliphatic heterocycles. The molecular weight excluding hydrogens is 519 g/mol. The predicted octanol–water partition coefficient (Wildman–Crippen LogP) is 6.20. The molecule has 0 saturated carbocycles. The van der Waals surface area contributed by atoms with E-state index in [2.05, 4.69) is 116 Å². The molecule has 3 aliphatic rings. The van der Waals surface area contributed by atoms with Crippen LogP contribution in [0.4, 0.5) is 17.2 Å². The van der Waals surface area contributed by atoms with Crippen LogP contribution in [0.2, 0.25) is 0 Å². The van der Waals surface area contributed by atoms with Crippen molar-refractivity contribution in [2.24, 2.45) is 0 Å². The standard InChI is InChI=1S/C33H24N2OSe/c1-20(2)21-16-17-29-28(19-21)35-31-26(13-7-15-30(31)37(29)36)33(27-14-8-18-34-32(27)35)24-11-5-3-9-22(24)23-10-4-6-12-25(23)33/h3-20H,1-2H3. The monoisotopic (exact) mass is 544 g/mol. The summed E-state index contributed by atoms with van der Waals surface area (Å²) >= 11 is -2.48. The Balaban J connectivity index is 1.56. The van der Waals surface area contributed by atoms with Crippen molar-refractivity contribution in [3.8, 4) is 11.1 Å². The van der Waals surface area contributed by atoms with E-state index < -0.39 is 19.2 Å². The average molecular weight is 544 g/mol. The fourth-order valence-electron chi connectivity index (χ4n) is 6.72. The summed E-state index contributed by atoms with van der Waals surface area (Å²) in [6.45, 7) is 4.41. The van der Waals surface area contributed by atoms with E-state index in [-0.39, 0.29) is 0 Å². The topological polar surface area (TPSA) is 33.2 Å². The molecule has 0 saturated heterocycles. The summed E-state index contributed by atoms with van der Waals surface area (Å²) in [5.74, 6) is 1.30. The second kappa shape index (κ2) is 7.35. The molecule has 5 aromatic rings. The maximum absolute atomic E-state index is 14.2. The number of aromatic nitrogens is 1. The van der Waals surface area contributed by atoms with Crippen LogP contribution in [0.3, 0.4) is 0 Å². The zero-order valence-corrected chi connectivity index (χ0v) is 22.3. The van der Waals surface area contributed by atoms with Gasteiger partial charge in [-0.15, -0.1) is 0 Å². The van der Waals surface area contributed by atoms with Crippen molar-refractivity contribution in [3.63, 3.8) is 0 Å². The SMILES string of the molecule is CC(C)c1ccc2c(c1)N1c3ncccc3C3(c4ccccc4-c4ccccc43)c3cccc(c31)[Se]2=O. The fourth-order valence-corrected chi connectivity index (χ4v) is 9.55. The van der Waals surface area contributed by atoms with Gasteiger partial charge < -0.3 is 0 Å². The van der Waals surface area contributed by atoms with Crippen LogP contribution >= 0.6 is 0 Å². The van der Waals surface area contributed by atoms with Crippen molar-refractivity contribution in [3.05, 3.63) is 131 Å². The summed E-state index contributed by atoms with van der Waals surface area (Å²) in [5, 5.41) is 0. The van der Waals surface area contributed by atoms with Crippen molar-refractivity contribution in [1.29, 1.82) is 0 Å². The van der Waals surface area contributed by atoms with Crippen molar-refractivity contribution < 1.29 is 3.83 Å². The number of fused-ring (bicyclic) bond motifs is 11. The van der Waals surface area contributed by atoms with Gasteiger partial charge in [-0.3, -0.25) is 0 Å². The molecule has 3 heterocycles. The Morgan fingerprint density at radius 1 is 0.730 bits per heavy atom. The molecule has 1 spiro atoms. The molecule has 0 amide bonds. The summed E-state index contributed by atoms with van der Waals surface area (Å²) in [6, 6.07) is 34.7. The molecule has 1 atom stereocenters. The first-order valence-corrected chi connectivity index (χ1v) is 15.2. The Morgan fingerprint density at radius 3 is 2.14 bits per heavy atom. The molecule has 4 aromatic carbocycles. The van der Waals surface area contributed by atoms with Gasteiger partial charge in [0.15, 0.2) is 0 Å². The van der Waals surface area contributed by atoms with Gasteiger partial charge in [0, 0.05) is 0 Å². The van der Waals surface area contributed by atoms with Gasteiger partial charge in [-0.1, -0.05) is 0 Å². The van der Waals surface area contributed by atoms with Crippen LogP contribution in [0.15, 0.2) is 103 Å². The number of pyridine rings is 1. The van der Waals surface area contributed by atoms with E-state index >= 15 is 0 Å². The first-order valence-electron chi connectivity index (χ1n) is 12.8. The van der Waals surface area contributed by atoms with Crippen LogP contribution in [0, 0.1) is 0 Å². The first-order chi connectivity index (χ1) is 18.1. The minimum atomic E-state index is -2.48. The molecule has 0 bridgehead atoms. The van der Waals surface area contributed by atoms with Crippen molar-refractivity contribution in [2.45, 2.75) is 25.2 Å². The van der Waals surface area contributed by atoms with E-state index in [1.165, 1.54) is 38.9 Å². The third-order valence-corrected chi connectivity index (χ3v) is 11.4. The quantitative estimate of drug-likeness (QED) is 0.231. The van der Waals surface area contributed by atoms with Gasteiger partial charge in [0.25, 0.3) is 0 Å². The molecule has 0 fully saturated rings. The van der Waals surface area contributed by atoms with Gasteiger partial charge in [0.1, 0.15) is 0 Å². The Morgan fingerprint density at radius 2 is 1.41 bits per heavy atom. The van der Waals surface area contributed by atoms with Gasteiger partial charge in [-0.2, -0.15) is 0 Å². The molecule has 1 aromatic heterocycles. The number of anilines is 3. The Labute approximate surface area is 220 Å². The van der Waals surface area contributed by atoms with Crippen LogP contribution < -0.4 is 13.8 Å². The molecule has 4 heteroatoms. The molecule has 0 N–H and O–H groups in total. The molecule has 37 heavy (non-hydrogen) atoms. The molecule has 0 radical (unpaired) electrons. The summed E-state index contributed by atoms with van der Waals surface area (Å²) in [7, 11) is 0. The van der Waals surface area contributed by atoms with Crippen LogP contribution in [-0.2, 0) is 9.25 Å². The van der Waals surface area contributed by atoms with Gasteiger partial charge >= 0.3 is 221 Å². The van der Waals surface area contributed by atoms with E-state index in [1.807, 2.05) is 6.20 Å². The number of para-hydroxylation sites is 1. The van der Waals surface area contributed by atoms with Crippen LogP contribution in [-0.4, -0.2) is 18.8 Å². The van der Waals surface area contributed by atoms with Crippen molar-refractivity contribution >= 4 is 39.9 Å². The van der Waals surface area contributed by atoms with Gasteiger partial charge in [-0.25, -0.2) is 0 Å².